The highest BCUT2D eigenvalue weighted by Crippen LogP contribution is 2.34. The van der Waals surface area contributed by atoms with Gasteiger partial charge in [-0.15, -0.1) is 0 Å². The molecule has 100 valence electrons. The van der Waals surface area contributed by atoms with Crippen LogP contribution in [0.4, 0.5) is 0 Å². The molecular weight excluding hydrogens is 232 g/mol. The summed E-state index contributed by atoms with van der Waals surface area (Å²) in [5.41, 5.74) is 0. The van der Waals surface area contributed by atoms with Crippen LogP contribution < -0.4 is 0 Å². The molecule has 3 aliphatic rings. The summed E-state index contributed by atoms with van der Waals surface area (Å²) in [7, 11) is 0. The van der Waals surface area contributed by atoms with E-state index in [9.17, 15) is 9.59 Å². The molecular formula is C13H20N2O3. The molecule has 0 aromatic heterocycles. The van der Waals surface area contributed by atoms with Crippen LogP contribution in [-0.4, -0.2) is 47.5 Å². The fourth-order valence-electron chi connectivity index (χ4n) is 2.79. The van der Waals surface area contributed by atoms with Crippen molar-refractivity contribution in [3.05, 3.63) is 0 Å². The number of amides is 2. The van der Waals surface area contributed by atoms with Gasteiger partial charge in [-0.05, 0) is 38.5 Å². The van der Waals surface area contributed by atoms with Gasteiger partial charge < -0.3 is 4.90 Å². The quantitative estimate of drug-likeness (QED) is 0.735. The van der Waals surface area contributed by atoms with Gasteiger partial charge in [-0.25, -0.2) is 5.06 Å². The minimum atomic E-state index is -0.267. The van der Waals surface area contributed by atoms with Crippen molar-refractivity contribution in [2.75, 3.05) is 19.7 Å². The molecule has 0 bridgehead atoms. The van der Waals surface area contributed by atoms with Crippen LogP contribution in [0.2, 0.25) is 0 Å². The number of hydrogen-bond acceptors (Lipinski definition) is 3. The highest BCUT2D eigenvalue weighted by atomic mass is 16.7. The van der Waals surface area contributed by atoms with Gasteiger partial charge >= 0.3 is 0 Å². The Bertz CT molecular complexity index is 348. The first-order valence-corrected chi connectivity index (χ1v) is 7.02. The summed E-state index contributed by atoms with van der Waals surface area (Å²) in [6, 6.07) is -0.267. The lowest BCUT2D eigenvalue weighted by atomic mass is 10.2. The molecule has 0 N–H and O–H groups in total. The van der Waals surface area contributed by atoms with Crippen LogP contribution >= 0.6 is 0 Å². The smallest absolute Gasteiger partial charge is 0.268 e. The van der Waals surface area contributed by atoms with E-state index in [1.165, 1.54) is 5.06 Å². The molecule has 2 heterocycles. The Hall–Kier alpha value is -1.10. The van der Waals surface area contributed by atoms with Crippen molar-refractivity contribution >= 4 is 11.8 Å². The highest BCUT2D eigenvalue weighted by molar-refractivity contribution is 5.89. The predicted molar refractivity (Wildman–Crippen MR) is 64.4 cm³/mol. The first-order chi connectivity index (χ1) is 8.77. The Kier molecular flexibility index (Phi) is 3.24. The lowest BCUT2D eigenvalue weighted by Crippen LogP contribution is -2.49. The van der Waals surface area contributed by atoms with Crippen LogP contribution in [0.5, 0.6) is 0 Å². The molecule has 18 heavy (non-hydrogen) atoms. The molecule has 1 saturated carbocycles. The highest BCUT2D eigenvalue weighted by Gasteiger charge is 2.42. The monoisotopic (exact) mass is 252 g/mol. The molecule has 1 unspecified atom stereocenters. The van der Waals surface area contributed by atoms with Crippen molar-refractivity contribution in [3.8, 4) is 0 Å². The van der Waals surface area contributed by atoms with E-state index in [-0.39, 0.29) is 23.8 Å². The molecule has 3 rings (SSSR count). The normalized spacial score (nSPS) is 28.6. The third-order valence-corrected chi connectivity index (χ3v) is 4.00. The van der Waals surface area contributed by atoms with Crippen LogP contribution in [0.25, 0.3) is 0 Å². The van der Waals surface area contributed by atoms with Crippen molar-refractivity contribution in [1.29, 1.82) is 0 Å². The average Bonchev–Trinajstić information content (AvgIpc) is 3.15. The van der Waals surface area contributed by atoms with E-state index in [4.69, 9.17) is 4.84 Å². The van der Waals surface area contributed by atoms with Crippen LogP contribution in [0.15, 0.2) is 0 Å². The maximum Gasteiger partial charge on any atom is 0.268 e. The summed E-state index contributed by atoms with van der Waals surface area (Å²) < 4.78 is 0. The zero-order chi connectivity index (χ0) is 12.5. The molecule has 0 aromatic rings. The largest absolute Gasteiger partial charge is 0.330 e. The molecule has 0 radical (unpaired) electrons. The van der Waals surface area contributed by atoms with Crippen molar-refractivity contribution in [3.63, 3.8) is 0 Å². The van der Waals surface area contributed by atoms with Gasteiger partial charge in [0.1, 0.15) is 6.04 Å². The standard InChI is InChI=1S/C13H20N2O3/c16-12(10-5-6-10)14-7-3-4-11(14)13(17)15-8-1-2-9-18-15/h10-11H,1-9H2. The summed E-state index contributed by atoms with van der Waals surface area (Å²) in [4.78, 5) is 31.7. The number of nitrogens with zero attached hydrogens (tertiary/aromatic N) is 2. The second kappa shape index (κ2) is 4.88. The number of likely N-dealkylation sites (tertiary alicyclic amines) is 1. The topological polar surface area (TPSA) is 49.9 Å². The summed E-state index contributed by atoms with van der Waals surface area (Å²) in [5.74, 6) is 0.365. The molecule has 0 aromatic carbocycles. The number of hydrogen-bond donors (Lipinski definition) is 0. The number of carbonyl (C=O) groups is 2. The first kappa shape index (κ1) is 12.0. The Morgan fingerprint density at radius 2 is 1.78 bits per heavy atom. The molecule has 0 spiro atoms. The summed E-state index contributed by atoms with van der Waals surface area (Å²) >= 11 is 0. The van der Waals surface area contributed by atoms with Gasteiger partial charge in [0.05, 0.1) is 6.61 Å². The van der Waals surface area contributed by atoms with E-state index in [1.807, 2.05) is 0 Å². The maximum atomic E-state index is 12.4. The lowest BCUT2D eigenvalue weighted by molar-refractivity contribution is -0.201. The minimum absolute atomic E-state index is 0.0128. The summed E-state index contributed by atoms with van der Waals surface area (Å²) in [6.45, 7) is 2.02. The Labute approximate surface area is 107 Å². The maximum absolute atomic E-state index is 12.4. The molecule has 5 heteroatoms. The molecule has 1 aliphatic carbocycles. The number of rotatable bonds is 2. The van der Waals surface area contributed by atoms with Gasteiger partial charge in [-0.1, -0.05) is 0 Å². The number of carbonyl (C=O) groups excluding carboxylic acids is 2. The fourth-order valence-corrected chi connectivity index (χ4v) is 2.79. The molecule has 2 saturated heterocycles. The molecule has 2 aliphatic heterocycles. The van der Waals surface area contributed by atoms with Gasteiger partial charge in [-0.2, -0.15) is 0 Å². The van der Waals surface area contributed by atoms with E-state index in [0.717, 1.165) is 45.1 Å². The second-order valence-electron chi connectivity index (χ2n) is 5.44. The third kappa shape index (κ3) is 2.23. The van der Waals surface area contributed by atoms with Gasteiger partial charge in [0.25, 0.3) is 5.91 Å². The third-order valence-electron chi connectivity index (χ3n) is 4.00. The molecule has 1 atom stereocenters. The summed E-state index contributed by atoms with van der Waals surface area (Å²) in [5, 5.41) is 1.48. The SMILES string of the molecule is O=C(C1CCCN1C(=O)C1CC1)N1CCCCO1. The van der Waals surface area contributed by atoms with Gasteiger partial charge in [0.15, 0.2) is 0 Å². The minimum Gasteiger partial charge on any atom is -0.330 e. The summed E-state index contributed by atoms with van der Waals surface area (Å²) in [6.07, 6.45) is 5.72. The van der Waals surface area contributed by atoms with Crippen LogP contribution in [0, 0.1) is 5.92 Å². The van der Waals surface area contributed by atoms with E-state index in [1.54, 1.807) is 4.90 Å². The van der Waals surface area contributed by atoms with Crippen LogP contribution in [0.3, 0.4) is 0 Å². The van der Waals surface area contributed by atoms with Crippen LogP contribution in [0.1, 0.15) is 38.5 Å². The molecule has 3 fully saturated rings. The van der Waals surface area contributed by atoms with E-state index >= 15 is 0 Å². The van der Waals surface area contributed by atoms with Crippen molar-refractivity contribution in [2.24, 2.45) is 5.92 Å². The van der Waals surface area contributed by atoms with Crippen molar-refractivity contribution in [1.82, 2.24) is 9.96 Å². The zero-order valence-corrected chi connectivity index (χ0v) is 10.6. The lowest BCUT2D eigenvalue weighted by Gasteiger charge is -2.31. The molecule has 5 nitrogen and oxygen atoms in total. The van der Waals surface area contributed by atoms with E-state index in [0.29, 0.717) is 13.2 Å². The zero-order valence-electron chi connectivity index (χ0n) is 10.6. The second-order valence-corrected chi connectivity index (χ2v) is 5.44. The van der Waals surface area contributed by atoms with Crippen LogP contribution in [-0.2, 0) is 14.4 Å². The van der Waals surface area contributed by atoms with Crippen molar-refractivity contribution in [2.45, 2.75) is 44.6 Å². The molecule has 2 amide bonds. The van der Waals surface area contributed by atoms with Crippen molar-refractivity contribution < 1.29 is 14.4 Å². The Morgan fingerprint density at radius 3 is 2.44 bits per heavy atom. The van der Waals surface area contributed by atoms with E-state index in [2.05, 4.69) is 0 Å². The van der Waals surface area contributed by atoms with Gasteiger partial charge in [-0.3, -0.25) is 14.4 Å². The first-order valence-electron chi connectivity index (χ1n) is 7.02. The fraction of sp³-hybridized carbons (Fsp3) is 0.846. The Morgan fingerprint density at radius 1 is 0.944 bits per heavy atom. The predicted octanol–water partition coefficient (Wildman–Crippen LogP) is 0.941. The van der Waals surface area contributed by atoms with Gasteiger partial charge in [0, 0.05) is 19.0 Å². The van der Waals surface area contributed by atoms with E-state index < -0.39 is 0 Å². The average molecular weight is 252 g/mol. The van der Waals surface area contributed by atoms with Gasteiger partial charge in [0.2, 0.25) is 5.91 Å². The Balaban J connectivity index is 1.65. The number of hydroxylamine groups is 2.